The highest BCUT2D eigenvalue weighted by Gasteiger charge is 2.48. The van der Waals surface area contributed by atoms with Gasteiger partial charge < -0.3 is 19.4 Å². The number of amides is 1. The van der Waals surface area contributed by atoms with Crippen molar-refractivity contribution in [3.05, 3.63) is 30.5 Å². The zero-order valence-corrected chi connectivity index (χ0v) is 16.6. The first-order valence-corrected chi connectivity index (χ1v) is 10.7. The maximum atomic E-state index is 12.6. The van der Waals surface area contributed by atoms with Gasteiger partial charge in [-0.2, -0.15) is 0 Å². The number of fused-ring (bicyclic) bond motifs is 1. The summed E-state index contributed by atoms with van der Waals surface area (Å²) >= 11 is 0. The Morgan fingerprint density at radius 3 is 2.57 bits per heavy atom. The first kappa shape index (κ1) is 18.0. The Balaban J connectivity index is 1.22. The van der Waals surface area contributed by atoms with Crippen molar-refractivity contribution in [3.8, 4) is 5.75 Å². The van der Waals surface area contributed by atoms with Crippen molar-refractivity contribution in [1.82, 2.24) is 9.88 Å². The fourth-order valence-electron chi connectivity index (χ4n) is 6.24. The lowest BCUT2D eigenvalue weighted by molar-refractivity contribution is -0.127. The van der Waals surface area contributed by atoms with Gasteiger partial charge in [-0.25, -0.2) is 0 Å². The summed E-state index contributed by atoms with van der Waals surface area (Å²) in [5, 5.41) is 4.37. The topological polar surface area (TPSA) is 52.5 Å². The molecule has 0 atom stereocenters. The SMILES string of the molecule is COCCn1ccc2c(OCC(=O)NC3C4CC5CC(C4)CC3C5)cccc21. The second kappa shape index (κ2) is 7.43. The number of rotatable bonds is 7. The Hall–Kier alpha value is -2.01. The molecule has 0 radical (unpaired) electrons. The smallest absolute Gasteiger partial charge is 0.258 e. The van der Waals surface area contributed by atoms with Crippen LogP contribution in [0.3, 0.4) is 0 Å². The van der Waals surface area contributed by atoms with E-state index in [1.54, 1.807) is 7.11 Å². The molecule has 4 fully saturated rings. The van der Waals surface area contributed by atoms with Gasteiger partial charge in [0, 0.05) is 31.3 Å². The van der Waals surface area contributed by atoms with E-state index in [0.29, 0.717) is 24.5 Å². The van der Waals surface area contributed by atoms with Crippen molar-refractivity contribution < 1.29 is 14.3 Å². The van der Waals surface area contributed by atoms with Crippen LogP contribution >= 0.6 is 0 Å². The zero-order valence-electron chi connectivity index (χ0n) is 16.6. The molecule has 4 aliphatic rings. The van der Waals surface area contributed by atoms with Crippen LogP contribution in [0.25, 0.3) is 10.9 Å². The highest BCUT2D eigenvalue weighted by atomic mass is 16.5. The molecule has 150 valence electrons. The lowest BCUT2D eigenvalue weighted by Gasteiger charge is -2.54. The van der Waals surface area contributed by atoms with Crippen LogP contribution in [0.5, 0.6) is 5.75 Å². The Labute approximate surface area is 166 Å². The molecule has 1 heterocycles. The van der Waals surface area contributed by atoms with Gasteiger partial charge in [-0.3, -0.25) is 4.79 Å². The highest BCUT2D eigenvalue weighted by molar-refractivity contribution is 5.87. The van der Waals surface area contributed by atoms with E-state index in [0.717, 1.165) is 35.0 Å². The Bertz CT molecular complexity index is 831. The van der Waals surface area contributed by atoms with Crippen molar-refractivity contribution >= 4 is 16.8 Å². The minimum atomic E-state index is 0.0216. The van der Waals surface area contributed by atoms with Crippen molar-refractivity contribution in [2.24, 2.45) is 23.7 Å². The summed E-state index contributed by atoms with van der Waals surface area (Å²) in [4.78, 5) is 12.6. The molecule has 0 spiro atoms. The van der Waals surface area contributed by atoms with Gasteiger partial charge in [-0.15, -0.1) is 0 Å². The maximum absolute atomic E-state index is 12.6. The predicted octanol–water partition coefficient (Wildman–Crippen LogP) is 3.61. The molecule has 0 saturated heterocycles. The predicted molar refractivity (Wildman–Crippen MR) is 108 cm³/mol. The largest absolute Gasteiger partial charge is 0.483 e. The molecule has 4 aliphatic carbocycles. The van der Waals surface area contributed by atoms with E-state index in [1.807, 2.05) is 18.3 Å². The first-order chi connectivity index (χ1) is 13.7. The van der Waals surface area contributed by atoms with E-state index in [1.165, 1.54) is 32.1 Å². The van der Waals surface area contributed by atoms with Crippen molar-refractivity contribution in [3.63, 3.8) is 0 Å². The number of benzene rings is 1. The Kier molecular flexibility index (Phi) is 4.79. The molecule has 1 amide bonds. The van der Waals surface area contributed by atoms with Gasteiger partial charge in [-0.1, -0.05) is 6.07 Å². The van der Waals surface area contributed by atoms with E-state index in [2.05, 4.69) is 22.0 Å². The molecule has 1 aromatic heterocycles. The molecule has 4 bridgehead atoms. The minimum absolute atomic E-state index is 0.0216. The molecule has 1 aromatic carbocycles. The number of hydrogen-bond acceptors (Lipinski definition) is 3. The molecule has 1 N–H and O–H groups in total. The summed E-state index contributed by atoms with van der Waals surface area (Å²) in [5.41, 5.74) is 1.11. The molecule has 6 rings (SSSR count). The summed E-state index contributed by atoms with van der Waals surface area (Å²) in [6.45, 7) is 1.56. The van der Waals surface area contributed by atoms with E-state index < -0.39 is 0 Å². The second-order valence-electron chi connectivity index (χ2n) is 9.00. The number of methoxy groups -OCH3 is 1. The average molecular weight is 383 g/mol. The van der Waals surface area contributed by atoms with E-state index in [4.69, 9.17) is 9.47 Å². The van der Waals surface area contributed by atoms with Crippen LogP contribution in [-0.4, -0.2) is 36.8 Å². The number of aromatic nitrogens is 1. The van der Waals surface area contributed by atoms with Crippen LogP contribution in [-0.2, 0) is 16.1 Å². The fourth-order valence-corrected chi connectivity index (χ4v) is 6.24. The summed E-state index contributed by atoms with van der Waals surface area (Å²) in [6.07, 6.45) is 8.73. The van der Waals surface area contributed by atoms with Crippen molar-refractivity contribution in [2.75, 3.05) is 20.3 Å². The minimum Gasteiger partial charge on any atom is -0.483 e. The third-order valence-electron chi connectivity index (χ3n) is 7.22. The molecule has 0 aliphatic heterocycles. The first-order valence-electron chi connectivity index (χ1n) is 10.7. The summed E-state index contributed by atoms with van der Waals surface area (Å²) in [7, 11) is 1.71. The summed E-state index contributed by atoms with van der Waals surface area (Å²) in [6, 6.07) is 8.42. The summed E-state index contributed by atoms with van der Waals surface area (Å²) in [5.74, 6) is 4.03. The normalized spacial score (nSPS) is 30.7. The molecule has 0 unspecified atom stereocenters. The Morgan fingerprint density at radius 1 is 1.11 bits per heavy atom. The van der Waals surface area contributed by atoms with Crippen LogP contribution in [0.2, 0.25) is 0 Å². The number of hydrogen-bond donors (Lipinski definition) is 1. The quantitative estimate of drug-likeness (QED) is 0.796. The van der Waals surface area contributed by atoms with Crippen LogP contribution in [0.4, 0.5) is 0 Å². The third-order valence-corrected chi connectivity index (χ3v) is 7.22. The third kappa shape index (κ3) is 3.30. The van der Waals surface area contributed by atoms with Gasteiger partial charge in [0.25, 0.3) is 5.91 Å². The van der Waals surface area contributed by atoms with Gasteiger partial charge in [0.2, 0.25) is 0 Å². The van der Waals surface area contributed by atoms with E-state index >= 15 is 0 Å². The highest BCUT2D eigenvalue weighted by Crippen LogP contribution is 2.53. The van der Waals surface area contributed by atoms with Crippen molar-refractivity contribution in [1.29, 1.82) is 0 Å². The van der Waals surface area contributed by atoms with Gasteiger partial charge in [0.15, 0.2) is 6.61 Å². The number of ether oxygens (including phenoxy) is 2. The number of nitrogens with zero attached hydrogens (tertiary/aromatic N) is 1. The fraction of sp³-hybridized carbons (Fsp3) is 0.609. The molecule has 2 aromatic rings. The van der Waals surface area contributed by atoms with Crippen molar-refractivity contribution in [2.45, 2.75) is 44.7 Å². The molecule has 5 nitrogen and oxygen atoms in total. The standard InChI is InChI=1S/C23H30N2O3/c1-27-8-7-25-6-5-19-20(25)3-2-4-21(19)28-14-22(26)24-23-17-10-15-9-16(12-17)13-18(23)11-15/h2-6,15-18,23H,7-14H2,1H3,(H,24,26). The molecule has 5 heteroatoms. The molecular weight excluding hydrogens is 352 g/mol. The van der Waals surface area contributed by atoms with Crippen LogP contribution in [0, 0.1) is 23.7 Å². The lowest BCUT2D eigenvalue weighted by atomic mass is 9.54. The maximum Gasteiger partial charge on any atom is 0.258 e. The molecule has 28 heavy (non-hydrogen) atoms. The zero-order chi connectivity index (χ0) is 19.1. The second-order valence-corrected chi connectivity index (χ2v) is 9.00. The number of carbonyl (C=O) groups is 1. The number of carbonyl (C=O) groups excluding carboxylic acids is 1. The van der Waals surface area contributed by atoms with Crippen LogP contribution < -0.4 is 10.1 Å². The monoisotopic (exact) mass is 382 g/mol. The summed E-state index contributed by atoms with van der Waals surface area (Å²) < 4.78 is 13.3. The molecular formula is C23H30N2O3. The average Bonchev–Trinajstić information content (AvgIpc) is 3.10. The number of nitrogens with one attached hydrogen (secondary N) is 1. The lowest BCUT2D eigenvalue weighted by Crippen LogP contribution is -2.56. The van der Waals surface area contributed by atoms with Gasteiger partial charge >= 0.3 is 0 Å². The van der Waals surface area contributed by atoms with E-state index in [-0.39, 0.29) is 12.5 Å². The Morgan fingerprint density at radius 2 is 1.86 bits per heavy atom. The van der Waals surface area contributed by atoms with E-state index in [9.17, 15) is 4.79 Å². The molecule has 4 saturated carbocycles. The van der Waals surface area contributed by atoms with Crippen LogP contribution in [0.15, 0.2) is 30.5 Å². The van der Waals surface area contributed by atoms with Gasteiger partial charge in [0.05, 0.1) is 12.1 Å². The van der Waals surface area contributed by atoms with Gasteiger partial charge in [0.1, 0.15) is 5.75 Å². The van der Waals surface area contributed by atoms with Gasteiger partial charge in [-0.05, 0) is 74.0 Å². The van der Waals surface area contributed by atoms with Crippen LogP contribution in [0.1, 0.15) is 32.1 Å².